The Labute approximate surface area is 200 Å². The number of aliphatic carboxylic acids is 1. The normalized spacial score (nSPS) is 18.5. The van der Waals surface area contributed by atoms with Crippen LogP contribution in [0.3, 0.4) is 0 Å². The molecule has 180 valence electrons. The molecule has 10 heteroatoms. The maximum Gasteiger partial charge on any atom is 0.407 e. The third-order valence-corrected chi connectivity index (χ3v) is 6.26. The number of benzene rings is 2. The van der Waals surface area contributed by atoms with E-state index in [4.69, 9.17) is 14.6 Å². The monoisotopic (exact) mass is 476 g/mol. The summed E-state index contributed by atoms with van der Waals surface area (Å²) in [5.41, 5.74) is 4.88. The molecule has 1 aliphatic heterocycles. The van der Waals surface area contributed by atoms with E-state index in [1.165, 1.54) is 17.1 Å². The molecule has 1 aliphatic carbocycles. The van der Waals surface area contributed by atoms with Crippen molar-refractivity contribution in [2.24, 2.45) is 5.92 Å². The molecule has 0 bridgehead atoms. The maximum absolute atomic E-state index is 12.7. The van der Waals surface area contributed by atoms with Crippen LogP contribution in [0, 0.1) is 5.92 Å². The number of carbonyl (C=O) groups excluding carboxylic acids is 2. The summed E-state index contributed by atoms with van der Waals surface area (Å²) in [6, 6.07) is 15.6. The molecule has 3 aromatic rings. The van der Waals surface area contributed by atoms with Crippen molar-refractivity contribution in [3.63, 3.8) is 0 Å². The van der Waals surface area contributed by atoms with Crippen LogP contribution in [-0.2, 0) is 25.6 Å². The lowest BCUT2D eigenvalue weighted by Crippen LogP contribution is -2.44. The van der Waals surface area contributed by atoms with Gasteiger partial charge in [-0.15, -0.1) is 0 Å². The number of rotatable bonds is 7. The molecule has 0 radical (unpaired) electrons. The van der Waals surface area contributed by atoms with Crippen LogP contribution in [-0.4, -0.2) is 58.7 Å². The molecule has 2 aliphatic rings. The molecular weight excluding hydrogens is 452 g/mol. The SMILES string of the molecule is O=C(O)Cn1cc(NC(=O)C2COCC2NC(=O)OCC2c3ccccc3-c3ccccc32)cn1. The number of hydrogen-bond acceptors (Lipinski definition) is 6. The number of alkyl carbamates (subject to hydrolysis) is 1. The second kappa shape index (κ2) is 9.59. The van der Waals surface area contributed by atoms with Gasteiger partial charge in [-0.2, -0.15) is 5.10 Å². The number of anilines is 1. The lowest BCUT2D eigenvalue weighted by atomic mass is 9.98. The predicted octanol–water partition coefficient (Wildman–Crippen LogP) is 2.46. The number of carboxylic acid groups (broad SMARTS) is 1. The first-order valence-corrected chi connectivity index (χ1v) is 11.2. The highest BCUT2D eigenvalue weighted by atomic mass is 16.5. The minimum atomic E-state index is -1.04. The molecule has 2 aromatic carbocycles. The molecule has 0 spiro atoms. The van der Waals surface area contributed by atoms with Crippen LogP contribution in [0.5, 0.6) is 0 Å². The zero-order valence-corrected chi connectivity index (χ0v) is 18.7. The van der Waals surface area contributed by atoms with E-state index in [1.807, 2.05) is 36.4 Å². The fourth-order valence-corrected chi connectivity index (χ4v) is 4.63. The summed E-state index contributed by atoms with van der Waals surface area (Å²) in [5, 5.41) is 18.2. The third-order valence-electron chi connectivity index (χ3n) is 6.26. The van der Waals surface area contributed by atoms with Gasteiger partial charge in [-0.1, -0.05) is 48.5 Å². The maximum atomic E-state index is 12.7. The Bertz CT molecular complexity index is 1230. The largest absolute Gasteiger partial charge is 0.480 e. The highest BCUT2D eigenvalue weighted by molar-refractivity contribution is 5.93. The summed E-state index contributed by atoms with van der Waals surface area (Å²) >= 11 is 0. The van der Waals surface area contributed by atoms with Crippen molar-refractivity contribution in [3.05, 3.63) is 72.1 Å². The number of carbonyl (C=O) groups is 3. The summed E-state index contributed by atoms with van der Waals surface area (Å²) < 4.78 is 12.2. The number of nitrogens with one attached hydrogen (secondary N) is 2. The van der Waals surface area contributed by atoms with Gasteiger partial charge in [-0.25, -0.2) is 4.79 Å². The van der Waals surface area contributed by atoms with Crippen LogP contribution in [0.1, 0.15) is 17.0 Å². The van der Waals surface area contributed by atoms with Gasteiger partial charge >= 0.3 is 12.1 Å². The van der Waals surface area contributed by atoms with Gasteiger partial charge in [0.15, 0.2) is 0 Å². The molecule has 10 nitrogen and oxygen atoms in total. The lowest BCUT2D eigenvalue weighted by molar-refractivity contribution is -0.137. The Morgan fingerprint density at radius 2 is 1.74 bits per heavy atom. The molecule has 2 heterocycles. The molecule has 35 heavy (non-hydrogen) atoms. The average molecular weight is 476 g/mol. The molecule has 1 fully saturated rings. The van der Waals surface area contributed by atoms with Gasteiger partial charge < -0.3 is 25.2 Å². The van der Waals surface area contributed by atoms with Crippen molar-refractivity contribution in [2.45, 2.75) is 18.5 Å². The van der Waals surface area contributed by atoms with Crippen LogP contribution in [0.25, 0.3) is 11.1 Å². The van der Waals surface area contributed by atoms with Crippen molar-refractivity contribution in [3.8, 4) is 11.1 Å². The van der Waals surface area contributed by atoms with Crippen molar-refractivity contribution >= 4 is 23.7 Å². The number of amides is 2. The Balaban J connectivity index is 1.18. The molecular formula is C25H24N4O6. The van der Waals surface area contributed by atoms with Gasteiger partial charge in [0.2, 0.25) is 5.91 Å². The molecule has 0 saturated carbocycles. The first-order valence-electron chi connectivity index (χ1n) is 11.2. The van der Waals surface area contributed by atoms with Crippen LogP contribution in [0.4, 0.5) is 10.5 Å². The van der Waals surface area contributed by atoms with Gasteiger partial charge in [-0.05, 0) is 22.3 Å². The predicted molar refractivity (Wildman–Crippen MR) is 125 cm³/mol. The van der Waals surface area contributed by atoms with Crippen LogP contribution in [0.2, 0.25) is 0 Å². The lowest BCUT2D eigenvalue weighted by Gasteiger charge is -2.19. The van der Waals surface area contributed by atoms with Gasteiger partial charge in [0.1, 0.15) is 13.2 Å². The summed E-state index contributed by atoms with van der Waals surface area (Å²) in [7, 11) is 0. The van der Waals surface area contributed by atoms with E-state index in [-0.39, 0.29) is 38.2 Å². The smallest absolute Gasteiger partial charge is 0.407 e. The Kier molecular flexibility index (Phi) is 6.19. The number of fused-ring (bicyclic) bond motifs is 3. The van der Waals surface area contributed by atoms with Crippen molar-refractivity contribution in [1.29, 1.82) is 0 Å². The molecule has 5 rings (SSSR count). The summed E-state index contributed by atoms with van der Waals surface area (Å²) in [6.07, 6.45) is 2.18. The Hall–Kier alpha value is -4.18. The fourth-order valence-electron chi connectivity index (χ4n) is 4.63. The minimum absolute atomic E-state index is 0.0607. The molecule has 2 atom stereocenters. The van der Waals surface area contributed by atoms with Crippen LogP contribution >= 0.6 is 0 Å². The summed E-state index contributed by atoms with van der Waals surface area (Å²) in [6.45, 7) is 0.186. The number of hydrogen-bond donors (Lipinski definition) is 3. The highest BCUT2D eigenvalue weighted by Gasteiger charge is 2.36. The average Bonchev–Trinajstić information content (AvgIpc) is 3.55. The second-order valence-electron chi connectivity index (χ2n) is 8.53. The molecule has 1 aromatic heterocycles. The fraction of sp³-hybridized carbons (Fsp3) is 0.280. The zero-order valence-electron chi connectivity index (χ0n) is 18.7. The third kappa shape index (κ3) is 4.73. The number of nitrogens with zero attached hydrogens (tertiary/aromatic N) is 2. The number of ether oxygens (including phenoxy) is 2. The Morgan fingerprint density at radius 3 is 2.43 bits per heavy atom. The van der Waals surface area contributed by atoms with Gasteiger partial charge in [0, 0.05) is 12.1 Å². The number of aromatic nitrogens is 2. The van der Waals surface area contributed by atoms with E-state index in [0.29, 0.717) is 5.69 Å². The van der Waals surface area contributed by atoms with E-state index in [2.05, 4.69) is 27.9 Å². The van der Waals surface area contributed by atoms with E-state index in [1.54, 1.807) is 0 Å². The van der Waals surface area contributed by atoms with Crippen molar-refractivity contribution < 1.29 is 29.0 Å². The molecule has 1 saturated heterocycles. The quantitative estimate of drug-likeness (QED) is 0.477. The minimum Gasteiger partial charge on any atom is -0.480 e. The van der Waals surface area contributed by atoms with Crippen LogP contribution in [0.15, 0.2) is 60.9 Å². The van der Waals surface area contributed by atoms with Gasteiger partial charge in [0.25, 0.3) is 0 Å². The topological polar surface area (TPSA) is 132 Å². The first kappa shape index (κ1) is 22.6. The van der Waals surface area contributed by atoms with Gasteiger partial charge in [0.05, 0.1) is 37.1 Å². The zero-order chi connectivity index (χ0) is 24.4. The summed E-state index contributed by atoms with van der Waals surface area (Å²) in [4.78, 5) is 36.2. The van der Waals surface area contributed by atoms with Crippen molar-refractivity contribution in [2.75, 3.05) is 25.1 Å². The highest BCUT2D eigenvalue weighted by Crippen LogP contribution is 2.44. The van der Waals surface area contributed by atoms with Gasteiger partial charge in [-0.3, -0.25) is 14.3 Å². The summed E-state index contributed by atoms with van der Waals surface area (Å²) in [5.74, 6) is -2.09. The second-order valence-corrected chi connectivity index (χ2v) is 8.53. The first-order chi connectivity index (χ1) is 17.0. The van der Waals surface area contributed by atoms with E-state index >= 15 is 0 Å². The number of carboxylic acids is 1. The standard InChI is InChI=1S/C25H24N4O6/c30-23(31)11-29-10-15(9-26-29)27-24(32)21-12-34-14-22(21)28-25(33)35-13-20-18-7-3-1-5-16(18)17-6-2-4-8-19(17)20/h1-10,20-22H,11-14H2,(H,27,32)(H,28,33)(H,30,31). The van der Waals surface area contributed by atoms with E-state index in [9.17, 15) is 14.4 Å². The molecule has 2 unspecified atom stereocenters. The molecule has 2 amide bonds. The van der Waals surface area contributed by atoms with E-state index < -0.39 is 24.0 Å². The van der Waals surface area contributed by atoms with E-state index in [0.717, 1.165) is 22.3 Å². The van der Waals surface area contributed by atoms with Crippen LogP contribution < -0.4 is 10.6 Å². The van der Waals surface area contributed by atoms with Crippen molar-refractivity contribution in [1.82, 2.24) is 15.1 Å². The molecule has 3 N–H and O–H groups in total. The Morgan fingerprint density at radius 1 is 1.06 bits per heavy atom.